The summed E-state index contributed by atoms with van der Waals surface area (Å²) in [5, 5.41) is 33.4. The number of aliphatic hydroxyl groups is 3. The van der Waals surface area contributed by atoms with Gasteiger partial charge < -0.3 is 20.6 Å². The molecule has 0 fully saturated rings. The van der Waals surface area contributed by atoms with Gasteiger partial charge in [0.2, 0.25) is 5.91 Å². The molecule has 4 N–H and O–H groups in total. The van der Waals surface area contributed by atoms with E-state index in [1.54, 1.807) is 0 Å². The molecule has 59 heavy (non-hydrogen) atoms. The number of rotatable bonds is 49. The van der Waals surface area contributed by atoms with E-state index in [4.69, 9.17) is 0 Å². The van der Waals surface area contributed by atoms with Crippen LogP contribution in [-0.4, -0.2) is 46.1 Å². The Kier molecular flexibility index (Phi) is 48.5. The Balaban J connectivity index is 3.42. The molecule has 3 atom stereocenters. The first-order chi connectivity index (χ1) is 29.1. The topological polar surface area (TPSA) is 89.8 Å². The van der Waals surface area contributed by atoms with E-state index >= 15 is 0 Å². The van der Waals surface area contributed by atoms with Gasteiger partial charge in [0.1, 0.15) is 6.10 Å². The number of unbranched alkanes of at least 4 members (excludes halogenated alkanes) is 37. The summed E-state index contributed by atoms with van der Waals surface area (Å²) in [6.45, 7) is 4.16. The molecule has 0 aliphatic heterocycles. The summed E-state index contributed by atoms with van der Waals surface area (Å²) < 4.78 is 0. The van der Waals surface area contributed by atoms with E-state index < -0.39 is 18.2 Å². The number of carbonyl (C=O) groups is 1. The van der Waals surface area contributed by atoms with Crippen molar-refractivity contribution in [3.05, 3.63) is 24.3 Å². The summed E-state index contributed by atoms with van der Waals surface area (Å²) in [6.07, 6.45) is 62.2. The van der Waals surface area contributed by atoms with Crippen molar-refractivity contribution >= 4 is 5.91 Å². The predicted molar refractivity (Wildman–Crippen MR) is 259 cm³/mol. The van der Waals surface area contributed by atoms with Crippen LogP contribution in [0.3, 0.4) is 0 Å². The summed E-state index contributed by atoms with van der Waals surface area (Å²) in [6, 6.07) is -0.805. The van der Waals surface area contributed by atoms with E-state index in [0.29, 0.717) is 12.8 Å². The molecular weight excluding hydrogens is 727 g/mol. The van der Waals surface area contributed by atoms with Crippen molar-refractivity contribution in [1.82, 2.24) is 5.32 Å². The zero-order chi connectivity index (χ0) is 43.0. The summed E-state index contributed by atoms with van der Waals surface area (Å²) >= 11 is 0. The average Bonchev–Trinajstić information content (AvgIpc) is 3.24. The quantitative estimate of drug-likeness (QED) is 0.0363. The molecule has 5 heteroatoms. The molecule has 0 aromatic carbocycles. The van der Waals surface area contributed by atoms with Crippen LogP contribution < -0.4 is 5.32 Å². The van der Waals surface area contributed by atoms with Crippen molar-refractivity contribution in [2.75, 3.05) is 6.61 Å². The van der Waals surface area contributed by atoms with Crippen LogP contribution in [0.2, 0.25) is 0 Å². The van der Waals surface area contributed by atoms with E-state index in [-0.39, 0.29) is 12.5 Å². The maximum atomic E-state index is 12.4. The molecule has 0 radical (unpaired) electrons. The highest BCUT2D eigenvalue weighted by Crippen LogP contribution is 2.17. The fraction of sp³-hybridized carbons (Fsp3) is 0.907. The van der Waals surface area contributed by atoms with E-state index in [1.165, 1.54) is 218 Å². The number of allylic oxidation sites excluding steroid dienone is 4. The van der Waals surface area contributed by atoms with Gasteiger partial charge in [0.05, 0.1) is 18.8 Å². The van der Waals surface area contributed by atoms with Crippen molar-refractivity contribution in [3.8, 4) is 0 Å². The molecule has 0 aliphatic rings. The fourth-order valence-electron chi connectivity index (χ4n) is 8.43. The summed E-state index contributed by atoms with van der Waals surface area (Å²) in [5.41, 5.74) is 0. The first-order valence-corrected chi connectivity index (χ1v) is 26.6. The molecule has 0 aromatic heterocycles. The van der Waals surface area contributed by atoms with Crippen LogP contribution >= 0.6 is 0 Å². The molecule has 0 saturated heterocycles. The second-order valence-electron chi connectivity index (χ2n) is 18.4. The van der Waals surface area contributed by atoms with Gasteiger partial charge in [-0.25, -0.2) is 0 Å². The fourth-order valence-corrected chi connectivity index (χ4v) is 8.43. The number of carbonyl (C=O) groups excluding carboxylic acids is 1. The Morgan fingerprint density at radius 3 is 1.07 bits per heavy atom. The van der Waals surface area contributed by atoms with Gasteiger partial charge >= 0.3 is 0 Å². The van der Waals surface area contributed by atoms with E-state index in [1.807, 2.05) is 0 Å². The Labute approximate surface area is 369 Å². The normalized spacial score (nSPS) is 13.5. The molecule has 5 nitrogen and oxygen atoms in total. The minimum absolute atomic E-state index is 0.144. The standard InChI is InChI=1S/C54H105NO4/c1-3-5-7-9-11-13-14-15-16-17-18-19-20-21-22-23-24-25-26-27-28-29-30-31-32-33-34-35-36-37-38-39-40-41-43-45-47-49-53(58)55-51(50-56)54(59)52(57)48-46-44-42-12-10-8-6-4-2/h22-23,25-26,51-52,54,56-57,59H,3-21,24,27-50H2,1-2H3,(H,55,58)/b23-22-,26-25-. The van der Waals surface area contributed by atoms with Crippen molar-refractivity contribution in [2.45, 2.75) is 308 Å². The van der Waals surface area contributed by atoms with E-state index in [2.05, 4.69) is 43.5 Å². The number of hydrogen-bond acceptors (Lipinski definition) is 4. The number of aliphatic hydroxyl groups excluding tert-OH is 3. The second-order valence-corrected chi connectivity index (χ2v) is 18.4. The van der Waals surface area contributed by atoms with Gasteiger partial charge in [-0.3, -0.25) is 4.79 Å². The molecule has 0 aliphatic carbocycles. The molecule has 0 heterocycles. The highest BCUT2D eigenvalue weighted by Gasteiger charge is 2.26. The predicted octanol–water partition coefficient (Wildman–Crippen LogP) is 16.1. The van der Waals surface area contributed by atoms with E-state index in [0.717, 1.165) is 44.9 Å². The summed E-state index contributed by atoms with van der Waals surface area (Å²) in [7, 11) is 0. The monoisotopic (exact) mass is 832 g/mol. The average molecular weight is 832 g/mol. The van der Waals surface area contributed by atoms with Crippen LogP contribution in [0.15, 0.2) is 24.3 Å². The van der Waals surface area contributed by atoms with E-state index in [9.17, 15) is 20.1 Å². The van der Waals surface area contributed by atoms with Crippen molar-refractivity contribution in [1.29, 1.82) is 0 Å². The molecule has 0 aromatic rings. The number of hydrogen-bond donors (Lipinski definition) is 4. The van der Waals surface area contributed by atoms with Crippen LogP contribution in [-0.2, 0) is 4.79 Å². The molecule has 0 spiro atoms. The van der Waals surface area contributed by atoms with Gasteiger partial charge in [0.25, 0.3) is 0 Å². The largest absolute Gasteiger partial charge is 0.394 e. The van der Waals surface area contributed by atoms with Crippen LogP contribution in [0.1, 0.15) is 290 Å². The van der Waals surface area contributed by atoms with Crippen molar-refractivity contribution in [2.24, 2.45) is 0 Å². The highest BCUT2D eigenvalue weighted by molar-refractivity contribution is 5.76. The zero-order valence-corrected chi connectivity index (χ0v) is 39.9. The first-order valence-electron chi connectivity index (χ1n) is 26.6. The zero-order valence-electron chi connectivity index (χ0n) is 39.9. The molecule has 350 valence electrons. The minimum Gasteiger partial charge on any atom is -0.394 e. The molecule has 0 saturated carbocycles. The molecule has 0 rings (SSSR count). The highest BCUT2D eigenvalue weighted by atomic mass is 16.3. The number of amides is 1. The maximum Gasteiger partial charge on any atom is 0.220 e. The van der Waals surface area contributed by atoms with Crippen molar-refractivity contribution in [3.63, 3.8) is 0 Å². The second kappa shape index (κ2) is 49.5. The Morgan fingerprint density at radius 2 is 0.729 bits per heavy atom. The van der Waals surface area contributed by atoms with Crippen LogP contribution in [0.4, 0.5) is 0 Å². The molecule has 1 amide bonds. The van der Waals surface area contributed by atoms with Gasteiger partial charge in [-0.1, -0.05) is 263 Å². The molecular formula is C54H105NO4. The third-order valence-electron chi connectivity index (χ3n) is 12.6. The Hall–Kier alpha value is -1.17. The lowest BCUT2D eigenvalue weighted by Gasteiger charge is -2.26. The van der Waals surface area contributed by atoms with Crippen LogP contribution in [0, 0.1) is 0 Å². The van der Waals surface area contributed by atoms with Gasteiger partial charge in [-0.2, -0.15) is 0 Å². The lowest BCUT2D eigenvalue weighted by molar-refractivity contribution is -0.124. The lowest BCUT2D eigenvalue weighted by Crippen LogP contribution is -2.50. The molecule has 3 unspecified atom stereocenters. The van der Waals surface area contributed by atoms with Gasteiger partial charge in [0.15, 0.2) is 0 Å². The SMILES string of the molecule is CCCCCCCCCCCCCCC/C=C\C/C=C\CCCCCCCCCCCCCCCCCCCC(=O)NC(CO)C(O)C(O)CCCCCCCCCC. The molecule has 0 bridgehead atoms. The smallest absolute Gasteiger partial charge is 0.220 e. The third-order valence-corrected chi connectivity index (χ3v) is 12.6. The summed E-state index contributed by atoms with van der Waals surface area (Å²) in [5.74, 6) is -0.144. The first kappa shape index (κ1) is 57.8. The van der Waals surface area contributed by atoms with Crippen LogP contribution in [0.25, 0.3) is 0 Å². The van der Waals surface area contributed by atoms with Crippen LogP contribution in [0.5, 0.6) is 0 Å². The summed E-state index contributed by atoms with van der Waals surface area (Å²) in [4.78, 5) is 12.4. The minimum atomic E-state index is -1.13. The number of nitrogens with one attached hydrogen (secondary N) is 1. The van der Waals surface area contributed by atoms with Gasteiger partial charge in [-0.05, 0) is 44.9 Å². The van der Waals surface area contributed by atoms with Gasteiger partial charge in [-0.15, -0.1) is 0 Å². The van der Waals surface area contributed by atoms with Gasteiger partial charge in [0, 0.05) is 6.42 Å². The Morgan fingerprint density at radius 1 is 0.424 bits per heavy atom. The maximum absolute atomic E-state index is 12.4. The third kappa shape index (κ3) is 44.7. The Bertz CT molecular complexity index is 874. The van der Waals surface area contributed by atoms with Crippen molar-refractivity contribution < 1.29 is 20.1 Å². The lowest BCUT2D eigenvalue weighted by atomic mass is 9.99.